The van der Waals surface area contributed by atoms with E-state index in [2.05, 4.69) is 67.9 Å². The van der Waals surface area contributed by atoms with E-state index in [1.807, 2.05) is 0 Å². The molecule has 0 radical (unpaired) electrons. The zero-order chi connectivity index (χ0) is 15.9. The Morgan fingerprint density at radius 2 is 1.79 bits per heavy atom. The fraction of sp³-hybridized carbons (Fsp3) is 0.368. The van der Waals surface area contributed by atoms with E-state index in [0.717, 1.165) is 23.7 Å². The number of thiophene rings is 1. The second kappa shape index (κ2) is 5.83. The number of fused-ring (bicyclic) bond motifs is 3. The molecule has 1 aromatic carbocycles. The summed E-state index contributed by atoms with van der Waals surface area (Å²) in [4.78, 5) is 3.86. The predicted molar refractivity (Wildman–Crippen MR) is 97.0 cm³/mol. The highest BCUT2D eigenvalue weighted by atomic mass is 32.1. The highest BCUT2D eigenvalue weighted by Crippen LogP contribution is 2.35. The molecule has 0 spiro atoms. The van der Waals surface area contributed by atoms with Crippen LogP contribution in [0.5, 0.6) is 0 Å². The van der Waals surface area contributed by atoms with Crippen LogP contribution in [0.1, 0.15) is 18.9 Å². The van der Waals surface area contributed by atoms with Crippen LogP contribution in [0.3, 0.4) is 0 Å². The van der Waals surface area contributed by atoms with Gasteiger partial charge in [0, 0.05) is 17.0 Å². The van der Waals surface area contributed by atoms with Crippen LogP contribution in [-0.2, 0) is 0 Å². The van der Waals surface area contributed by atoms with E-state index in [0.29, 0.717) is 6.04 Å². The molecule has 1 atom stereocenters. The quantitative estimate of drug-likeness (QED) is 0.726. The minimum Gasteiger partial charge on any atom is -0.301 e. The summed E-state index contributed by atoms with van der Waals surface area (Å²) < 4.78 is 2.11. The second-order valence-corrected chi connectivity index (χ2v) is 7.79. The molecule has 3 aliphatic heterocycles. The average Bonchev–Trinajstić information content (AvgIpc) is 3.35. The lowest BCUT2D eigenvalue weighted by atomic mass is 9.84. The third-order valence-corrected chi connectivity index (χ3v) is 6.38. The molecular formula is C19H20N4S. The van der Waals surface area contributed by atoms with Crippen molar-refractivity contribution in [2.45, 2.75) is 18.9 Å². The maximum absolute atomic E-state index is 4.45. The molecule has 3 fully saturated rings. The van der Waals surface area contributed by atoms with Gasteiger partial charge in [0.05, 0.1) is 12.2 Å². The number of hydrogen-bond donors (Lipinski definition) is 0. The lowest BCUT2D eigenvalue weighted by molar-refractivity contribution is 0.0504. The monoisotopic (exact) mass is 336 g/mol. The summed E-state index contributed by atoms with van der Waals surface area (Å²) in [7, 11) is 0. The first kappa shape index (κ1) is 14.4. The van der Waals surface area contributed by atoms with Crippen molar-refractivity contribution in [1.82, 2.24) is 19.9 Å². The summed E-state index contributed by atoms with van der Waals surface area (Å²) in [5, 5.41) is 11.0. The number of aromatic nitrogens is 3. The fourth-order valence-corrected chi connectivity index (χ4v) is 4.79. The summed E-state index contributed by atoms with van der Waals surface area (Å²) in [6, 6.07) is 13.4. The molecule has 2 bridgehead atoms. The molecule has 122 valence electrons. The summed E-state index contributed by atoms with van der Waals surface area (Å²) >= 11 is 1.77. The Morgan fingerprint density at radius 1 is 1.00 bits per heavy atom. The average molecular weight is 336 g/mol. The Bertz CT molecular complexity index is 813. The van der Waals surface area contributed by atoms with Crippen molar-refractivity contribution in [2.75, 3.05) is 19.6 Å². The summed E-state index contributed by atoms with van der Waals surface area (Å²) in [5.74, 6) is 0.769. The maximum atomic E-state index is 4.45. The van der Waals surface area contributed by atoms with Crippen LogP contribution >= 0.6 is 11.3 Å². The third-order valence-electron chi connectivity index (χ3n) is 5.46. The SMILES string of the molecule is c1csc(-c2ccc(-c3cn(C4CN5CCC4CC5)nn3)cc2)c1. The van der Waals surface area contributed by atoms with Crippen LogP contribution in [0.15, 0.2) is 48.0 Å². The van der Waals surface area contributed by atoms with Crippen LogP contribution in [0.4, 0.5) is 0 Å². The van der Waals surface area contributed by atoms with Gasteiger partial charge >= 0.3 is 0 Å². The molecule has 24 heavy (non-hydrogen) atoms. The van der Waals surface area contributed by atoms with Gasteiger partial charge in [-0.2, -0.15) is 0 Å². The molecule has 3 aliphatic rings. The van der Waals surface area contributed by atoms with Crippen molar-refractivity contribution in [2.24, 2.45) is 5.92 Å². The van der Waals surface area contributed by atoms with Gasteiger partial charge in [-0.25, -0.2) is 4.68 Å². The van der Waals surface area contributed by atoms with E-state index in [4.69, 9.17) is 0 Å². The minimum absolute atomic E-state index is 0.499. The molecule has 1 unspecified atom stereocenters. The van der Waals surface area contributed by atoms with E-state index in [1.165, 1.54) is 36.4 Å². The Hall–Kier alpha value is -1.98. The third kappa shape index (κ3) is 2.48. The molecule has 0 N–H and O–H groups in total. The predicted octanol–water partition coefficient (Wildman–Crippen LogP) is 3.94. The number of nitrogens with zero attached hydrogens (tertiary/aromatic N) is 4. The van der Waals surface area contributed by atoms with Crippen LogP contribution in [0, 0.1) is 5.92 Å². The Morgan fingerprint density at radius 3 is 2.46 bits per heavy atom. The number of piperidine rings is 3. The Labute approximate surface area is 145 Å². The molecule has 2 aromatic heterocycles. The van der Waals surface area contributed by atoms with E-state index in [9.17, 15) is 0 Å². The Kier molecular flexibility index (Phi) is 3.49. The highest BCUT2D eigenvalue weighted by molar-refractivity contribution is 7.13. The first-order valence-electron chi connectivity index (χ1n) is 8.65. The molecule has 6 rings (SSSR count). The van der Waals surface area contributed by atoms with E-state index >= 15 is 0 Å². The zero-order valence-corrected chi connectivity index (χ0v) is 14.3. The van der Waals surface area contributed by atoms with Crippen molar-refractivity contribution in [3.63, 3.8) is 0 Å². The maximum Gasteiger partial charge on any atom is 0.113 e. The van der Waals surface area contributed by atoms with Crippen LogP contribution < -0.4 is 0 Å². The topological polar surface area (TPSA) is 34.0 Å². The van der Waals surface area contributed by atoms with Gasteiger partial charge in [0.15, 0.2) is 0 Å². The van der Waals surface area contributed by atoms with Crippen LogP contribution in [-0.4, -0.2) is 39.5 Å². The summed E-state index contributed by atoms with van der Waals surface area (Å²) in [6.07, 6.45) is 4.73. The number of hydrogen-bond acceptors (Lipinski definition) is 4. The molecule has 4 nitrogen and oxygen atoms in total. The lowest BCUT2D eigenvalue weighted by Crippen LogP contribution is -2.48. The van der Waals surface area contributed by atoms with Gasteiger partial charge in [-0.15, -0.1) is 16.4 Å². The molecule has 5 heteroatoms. The van der Waals surface area contributed by atoms with Crippen molar-refractivity contribution >= 4 is 11.3 Å². The normalized spacial score (nSPS) is 25.9. The molecule has 5 heterocycles. The van der Waals surface area contributed by atoms with Gasteiger partial charge in [0.1, 0.15) is 5.69 Å². The van der Waals surface area contributed by atoms with Crippen LogP contribution in [0.25, 0.3) is 21.7 Å². The molecule has 0 amide bonds. The lowest BCUT2D eigenvalue weighted by Gasteiger charge is -2.44. The van der Waals surface area contributed by atoms with Crippen molar-refractivity contribution < 1.29 is 0 Å². The zero-order valence-electron chi connectivity index (χ0n) is 13.5. The van der Waals surface area contributed by atoms with Gasteiger partial charge in [-0.05, 0) is 48.9 Å². The van der Waals surface area contributed by atoms with Gasteiger partial charge in [-0.3, -0.25) is 0 Å². The second-order valence-electron chi connectivity index (χ2n) is 6.84. The standard InChI is InChI=1S/C19H20N4S/c1-2-19(24-11-1)16-5-3-14(4-6-16)17-12-23(21-20-17)18-13-22-9-7-15(18)8-10-22/h1-6,11-12,15,18H,7-10,13H2. The first-order valence-corrected chi connectivity index (χ1v) is 9.53. The van der Waals surface area contributed by atoms with E-state index in [1.54, 1.807) is 11.3 Å². The first-order chi connectivity index (χ1) is 11.9. The highest BCUT2D eigenvalue weighted by Gasteiger charge is 2.35. The molecule has 3 saturated heterocycles. The number of rotatable bonds is 3. The van der Waals surface area contributed by atoms with Gasteiger partial charge < -0.3 is 4.90 Å². The van der Waals surface area contributed by atoms with E-state index < -0.39 is 0 Å². The van der Waals surface area contributed by atoms with Crippen molar-refractivity contribution in [1.29, 1.82) is 0 Å². The smallest absolute Gasteiger partial charge is 0.113 e. The molecular weight excluding hydrogens is 316 g/mol. The van der Waals surface area contributed by atoms with Gasteiger partial charge in [-0.1, -0.05) is 35.5 Å². The van der Waals surface area contributed by atoms with E-state index in [-0.39, 0.29) is 0 Å². The largest absolute Gasteiger partial charge is 0.301 e. The van der Waals surface area contributed by atoms with Crippen LogP contribution in [0.2, 0.25) is 0 Å². The Balaban J connectivity index is 1.39. The summed E-state index contributed by atoms with van der Waals surface area (Å²) in [6.45, 7) is 3.64. The molecule has 3 aromatic rings. The fourth-order valence-electron chi connectivity index (χ4n) is 4.05. The molecule has 0 aliphatic carbocycles. The van der Waals surface area contributed by atoms with Gasteiger partial charge in [0.25, 0.3) is 0 Å². The van der Waals surface area contributed by atoms with Crippen molar-refractivity contribution in [3.8, 4) is 21.7 Å². The summed E-state index contributed by atoms with van der Waals surface area (Å²) in [5.41, 5.74) is 3.38. The number of benzene rings is 1. The van der Waals surface area contributed by atoms with Crippen molar-refractivity contribution in [3.05, 3.63) is 48.0 Å². The van der Waals surface area contributed by atoms with Gasteiger partial charge in [0.2, 0.25) is 0 Å². The molecule has 0 saturated carbocycles. The minimum atomic E-state index is 0.499.